The van der Waals surface area contributed by atoms with Gasteiger partial charge in [-0.25, -0.2) is 4.39 Å². The summed E-state index contributed by atoms with van der Waals surface area (Å²) < 4.78 is 12.5. The maximum atomic E-state index is 12.5. The normalized spacial score (nSPS) is 32.6. The highest BCUT2D eigenvalue weighted by Gasteiger charge is 2.30. The molecule has 0 saturated heterocycles. The van der Waals surface area contributed by atoms with Crippen molar-refractivity contribution >= 4 is 0 Å². The van der Waals surface area contributed by atoms with Crippen molar-refractivity contribution in [2.45, 2.75) is 39.3 Å². The third kappa shape index (κ3) is 2.32. The zero-order valence-electron chi connectivity index (χ0n) is 7.44. The van der Waals surface area contributed by atoms with E-state index < -0.39 is 6.17 Å². The second kappa shape index (κ2) is 3.38. The highest BCUT2D eigenvalue weighted by atomic mass is 19.1. The number of rotatable bonds is 3. The van der Waals surface area contributed by atoms with E-state index in [1.54, 1.807) is 6.92 Å². The molecule has 1 unspecified atom stereocenters. The summed E-state index contributed by atoms with van der Waals surface area (Å²) in [6, 6.07) is 0. The van der Waals surface area contributed by atoms with E-state index in [1.807, 2.05) is 0 Å². The first-order valence-electron chi connectivity index (χ1n) is 4.39. The first-order chi connectivity index (χ1) is 5.09. The van der Waals surface area contributed by atoms with Crippen LogP contribution in [0.5, 0.6) is 0 Å². The van der Waals surface area contributed by atoms with Gasteiger partial charge in [-0.05, 0) is 44.9 Å². The Kier molecular flexibility index (Phi) is 2.69. The predicted octanol–water partition coefficient (Wildman–Crippen LogP) is 3.34. The molecular formula is C10H17F. The quantitative estimate of drug-likeness (QED) is 0.550. The topological polar surface area (TPSA) is 0 Å². The maximum absolute atomic E-state index is 12.5. The minimum Gasteiger partial charge on any atom is -0.248 e. The minimum absolute atomic E-state index is 0.619. The Morgan fingerprint density at radius 2 is 2.18 bits per heavy atom. The van der Waals surface area contributed by atoms with Crippen LogP contribution in [0, 0.1) is 11.8 Å². The van der Waals surface area contributed by atoms with Gasteiger partial charge in [0.25, 0.3) is 0 Å². The zero-order chi connectivity index (χ0) is 8.43. The lowest BCUT2D eigenvalue weighted by molar-refractivity contribution is 0.168. The smallest absolute Gasteiger partial charge is 0.0976 e. The summed E-state index contributed by atoms with van der Waals surface area (Å²) in [5.41, 5.74) is 1.27. The van der Waals surface area contributed by atoms with Crippen molar-refractivity contribution in [3.05, 3.63) is 12.2 Å². The van der Waals surface area contributed by atoms with Gasteiger partial charge in [-0.1, -0.05) is 12.2 Å². The fraction of sp³-hybridized carbons (Fsp3) is 0.800. The van der Waals surface area contributed by atoms with Gasteiger partial charge in [-0.3, -0.25) is 0 Å². The van der Waals surface area contributed by atoms with Crippen LogP contribution in [0.4, 0.5) is 4.39 Å². The van der Waals surface area contributed by atoms with Crippen LogP contribution >= 0.6 is 0 Å². The van der Waals surface area contributed by atoms with Crippen LogP contribution in [0.3, 0.4) is 0 Å². The average molecular weight is 156 g/mol. The van der Waals surface area contributed by atoms with Crippen molar-refractivity contribution in [3.8, 4) is 0 Å². The summed E-state index contributed by atoms with van der Waals surface area (Å²) in [6.45, 7) is 7.61. The Bertz CT molecular complexity index is 143. The van der Waals surface area contributed by atoms with E-state index >= 15 is 0 Å². The van der Waals surface area contributed by atoms with Gasteiger partial charge in [0.1, 0.15) is 0 Å². The summed E-state index contributed by atoms with van der Waals surface area (Å²) in [7, 11) is 0. The van der Waals surface area contributed by atoms with Crippen LogP contribution < -0.4 is 0 Å². The molecule has 1 aliphatic carbocycles. The van der Waals surface area contributed by atoms with E-state index in [4.69, 9.17) is 0 Å². The van der Waals surface area contributed by atoms with Crippen molar-refractivity contribution in [1.82, 2.24) is 0 Å². The van der Waals surface area contributed by atoms with Crippen LogP contribution in [0.15, 0.2) is 12.2 Å². The van der Waals surface area contributed by atoms with Crippen molar-refractivity contribution < 1.29 is 4.39 Å². The van der Waals surface area contributed by atoms with Crippen molar-refractivity contribution in [3.63, 3.8) is 0 Å². The van der Waals surface area contributed by atoms with Gasteiger partial charge in [0.15, 0.2) is 0 Å². The summed E-state index contributed by atoms with van der Waals surface area (Å²) in [5, 5.41) is 0. The van der Waals surface area contributed by atoms with Gasteiger partial charge in [0.2, 0.25) is 0 Å². The molecular weight excluding hydrogens is 139 g/mol. The van der Waals surface area contributed by atoms with Crippen molar-refractivity contribution in [1.29, 1.82) is 0 Å². The number of hydrogen-bond donors (Lipinski definition) is 0. The molecule has 0 aromatic heterocycles. The highest BCUT2D eigenvalue weighted by Crippen LogP contribution is 2.40. The summed E-state index contributed by atoms with van der Waals surface area (Å²) >= 11 is 0. The number of halogens is 1. The van der Waals surface area contributed by atoms with Gasteiger partial charge in [0.05, 0.1) is 6.17 Å². The van der Waals surface area contributed by atoms with E-state index in [0.29, 0.717) is 11.8 Å². The molecule has 1 saturated carbocycles. The van der Waals surface area contributed by atoms with E-state index in [9.17, 15) is 4.39 Å². The Labute approximate surface area is 68.5 Å². The minimum atomic E-state index is -0.619. The fourth-order valence-electron chi connectivity index (χ4n) is 1.79. The Balaban J connectivity index is 2.14. The van der Waals surface area contributed by atoms with Crippen LogP contribution in [0.25, 0.3) is 0 Å². The molecule has 0 aromatic rings. The van der Waals surface area contributed by atoms with Gasteiger partial charge < -0.3 is 0 Å². The van der Waals surface area contributed by atoms with Gasteiger partial charge >= 0.3 is 0 Å². The zero-order valence-corrected chi connectivity index (χ0v) is 7.44. The summed E-state index contributed by atoms with van der Waals surface area (Å²) in [4.78, 5) is 0. The van der Waals surface area contributed by atoms with Crippen LogP contribution in [-0.2, 0) is 0 Å². The Hall–Kier alpha value is -0.330. The molecule has 1 atom stereocenters. The lowest BCUT2D eigenvalue weighted by Crippen LogP contribution is -2.26. The fourth-order valence-corrected chi connectivity index (χ4v) is 1.79. The first kappa shape index (κ1) is 8.76. The van der Waals surface area contributed by atoms with E-state index in [-0.39, 0.29) is 0 Å². The van der Waals surface area contributed by atoms with Crippen LogP contribution in [0.2, 0.25) is 0 Å². The lowest BCUT2D eigenvalue weighted by Gasteiger charge is -2.36. The molecule has 64 valence electrons. The molecule has 0 spiro atoms. The molecule has 0 N–H and O–H groups in total. The number of hydrogen-bond acceptors (Lipinski definition) is 0. The molecule has 0 amide bonds. The largest absolute Gasteiger partial charge is 0.248 e. The molecule has 0 bridgehead atoms. The lowest BCUT2D eigenvalue weighted by atomic mass is 9.70. The molecule has 1 rings (SSSR count). The molecule has 0 aromatic carbocycles. The summed E-state index contributed by atoms with van der Waals surface area (Å²) in [5.74, 6) is 1.33. The van der Waals surface area contributed by atoms with Crippen LogP contribution in [0.1, 0.15) is 33.1 Å². The molecule has 1 aliphatic rings. The molecule has 0 radical (unpaired) electrons. The number of allylic oxidation sites excluding steroid dienone is 1. The van der Waals surface area contributed by atoms with Gasteiger partial charge in [0, 0.05) is 0 Å². The van der Waals surface area contributed by atoms with Crippen LogP contribution in [-0.4, -0.2) is 6.17 Å². The first-order valence-corrected chi connectivity index (χ1v) is 4.39. The highest BCUT2D eigenvalue weighted by molar-refractivity contribution is 5.02. The molecule has 11 heavy (non-hydrogen) atoms. The third-order valence-electron chi connectivity index (χ3n) is 2.59. The van der Waals surface area contributed by atoms with E-state index in [2.05, 4.69) is 13.5 Å². The van der Waals surface area contributed by atoms with E-state index in [1.165, 1.54) is 18.4 Å². The average Bonchev–Trinajstić information content (AvgIpc) is 1.75. The second-order valence-corrected chi connectivity index (χ2v) is 3.90. The second-order valence-electron chi connectivity index (χ2n) is 3.90. The summed E-state index contributed by atoms with van der Waals surface area (Å²) in [6.07, 6.45) is 2.47. The molecule has 1 heteroatoms. The Morgan fingerprint density at radius 3 is 2.55 bits per heavy atom. The van der Waals surface area contributed by atoms with Gasteiger partial charge in [-0.15, -0.1) is 0 Å². The SMILES string of the molecule is C=C(C)C1CC(CC(C)F)C1. The third-order valence-corrected chi connectivity index (χ3v) is 2.59. The number of alkyl halides is 1. The predicted molar refractivity (Wildman–Crippen MR) is 46.2 cm³/mol. The maximum Gasteiger partial charge on any atom is 0.0976 e. The molecule has 1 fully saturated rings. The Morgan fingerprint density at radius 1 is 1.64 bits per heavy atom. The molecule has 0 nitrogen and oxygen atoms in total. The van der Waals surface area contributed by atoms with Crippen molar-refractivity contribution in [2.75, 3.05) is 0 Å². The van der Waals surface area contributed by atoms with Crippen molar-refractivity contribution in [2.24, 2.45) is 11.8 Å². The van der Waals surface area contributed by atoms with Gasteiger partial charge in [-0.2, -0.15) is 0 Å². The standard InChI is InChI=1S/C10H17F/c1-7(2)10-5-9(6-10)4-8(3)11/h8-10H,1,4-6H2,2-3H3. The molecule has 0 heterocycles. The monoisotopic (exact) mass is 156 g/mol. The molecule has 0 aliphatic heterocycles. The van der Waals surface area contributed by atoms with E-state index in [0.717, 1.165) is 6.42 Å².